The third kappa shape index (κ3) is 3.92. The van der Waals surface area contributed by atoms with Crippen LogP contribution in [-0.4, -0.2) is 26.3 Å². The topological polar surface area (TPSA) is 36.3 Å². The molecule has 0 unspecified atom stereocenters. The van der Waals surface area contributed by atoms with Crippen molar-refractivity contribution in [2.24, 2.45) is 0 Å². The van der Waals surface area contributed by atoms with Crippen molar-refractivity contribution in [3.63, 3.8) is 0 Å². The molecule has 1 heterocycles. The first-order valence-electron chi connectivity index (χ1n) is 7.57. The van der Waals surface area contributed by atoms with E-state index in [0.29, 0.717) is 10.6 Å². The van der Waals surface area contributed by atoms with Crippen molar-refractivity contribution in [3.05, 3.63) is 64.7 Å². The van der Waals surface area contributed by atoms with Crippen molar-refractivity contribution < 1.29 is 4.74 Å². The van der Waals surface area contributed by atoms with Gasteiger partial charge in [-0.05, 0) is 41.5 Å². The Balaban J connectivity index is 1.80. The standard InChI is InChI=1S/C19H17ClN2O/c20-18-5-3-16(4-6-18)17(14-21)13-15-1-7-19(8-2-15)22-9-11-23-12-10-22/h1-8,13H,9-12H2/b17-13+. The monoisotopic (exact) mass is 324 g/mol. The van der Waals surface area contributed by atoms with Gasteiger partial charge in [0.15, 0.2) is 0 Å². The van der Waals surface area contributed by atoms with E-state index in [2.05, 4.69) is 23.1 Å². The average Bonchev–Trinajstić information content (AvgIpc) is 2.62. The Morgan fingerprint density at radius 2 is 1.70 bits per heavy atom. The maximum Gasteiger partial charge on any atom is 0.0998 e. The van der Waals surface area contributed by atoms with Gasteiger partial charge in [-0.15, -0.1) is 0 Å². The lowest BCUT2D eigenvalue weighted by atomic mass is 10.0. The fraction of sp³-hybridized carbons (Fsp3) is 0.211. The molecule has 1 aliphatic rings. The molecule has 23 heavy (non-hydrogen) atoms. The van der Waals surface area contributed by atoms with E-state index >= 15 is 0 Å². The van der Waals surface area contributed by atoms with Gasteiger partial charge in [-0.3, -0.25) is 0 Å². The Hall–Kier alpha value is -2.28. The predicted octanol–water partition coefficient (Wildman–Crippen LogP) is 4.24. The number of halogens is 1. The van der Waals surface area contributed by atoms with Crippen molar-refractivity contribution in [2.75, 3.05) is 31.2 Å². The van der Waals surface area contributed by atoms with E-state index in [1.54, 1.807) is 12.1 Å². The molecule has 0 aromatic heterocycles. The minimum absolute atomic E-state index is 0.626. The molecule has 0 amide bonds. The molecule has 4 heteroatoms. The van der Waals surface area contributed by atoms with Crippen molar-refractivity contribution in [1.29, 1.82) is 5.26 Å². The lowest BCUT2D eigenvalue weighted by molar-refractivity contribution is 0.122. The number of nitriles is 1. The van der Waals surface area contributed by atoms with Crippen molar-refractivity contribution >= 4 is 28.9 Å². The summed E-state index contributed by atoms with van der Waals surface area (Å²) in [6, 6.07) is 17.8. The Labute approximate surface area is 141 Å². The molecule has 3 nitrogen and oxygen atoms in total. The SMILES string of the molecule is N#C/C(=C\c1ccc(N2CCOCC2)cc1)c1ccc(Cl)cc1. The smallest absolute Gasteiger partial charge is 0.0998 e. The van der Waals surface area contributed by atoms with Gasteiger partial charge in [-0.1, -0.05) is 35.9 Å². The summed E-state index contributed by atoms with van der Waals surface area (Å²) in [5.41, 5.74) is 3.69. The quantitative estimate of drug-likeness (QED) is 0.626. The molecule has 0 N–H and O–H groups in total. The molecule has 2 aromatic carbocycles. The minimum atomic E-state index is 0.626. The van der Waals surface area contributed by atoms with E-state index in [9.17, 15) is 5.26 Å². The highest BCUT2D eigenvalue weighted by molar-refractivity contribution is 6.30. The van der Waals surface area contributed by atoms with Crippen LogP contribution in [-0.2, 0) is 4.74 Å². The van der Waals surface area contributed by atoms with Crippen LogP contribution in [0.5, 0.6) is 0 Å². The first-order valence-corrected chi connectivity index (χ1v) is 7.94. The second-order valence-corrected chi connectivity index (χ2v) is 5.80. The summed E-state index contributed by atoms with van der Waals surface area (Å²) in [5, 5.41) is 10.1. The minimum Gasteiger partial charge on any atom is -0.378 e. The van der Waals surface area contributed by atoms with Crippen LogP contribution in [0.2, 0.25) is 5.02 Å². The molecule has 116 valence electrons. The van der Waals surface area contributed by atoms with Crippen LogP contribution in [0.25, 0.3) is 11.6 Å². The maximum absolute atomic E-state index is 9.40. The summed E-state index contributed by atoms with van der Waals surface area (Å²) in [6.07, 6.45) is 1.90. The normalized spacial score (nSPS) is 15.3. The van der Waals surface area contributed by atoms with Gasteiger partial charge in [-0.2, -0.15) is 5.26 Å². The number of anilines is 1. The summed E-state index contributed by atoms with van der Waals surface area (Å²) < 4.78 is 5.37. The Morgan fingerprint density at radius 1 is 1.04 bits per heavy atom. The largest absolute Gasteiger partial charge is 0.378 e. The van der Waals surface area contributed by atoms with E-state index < -0.39 is 0 Å². The van der Waals surface area contributed by atoms with Gasteiger partial charge in [0.25, 0.3) is 0 Å². The molecule has 1 fully saturated rings. The zero-order valence-corrected chi connectivity index (χ0v) is 13.5. The molecule has 0 bridgehead atoms. The first kappa shape index (κ1) is 15.6. The maximum atomic E-state index is 9.40. The predicted molar refractivity (Wildman–Crippen MR) is 94.4 cm³/mol. The van der Waals surface area contributed by atoms with Crippen LogP contribution >= 0.6 is 11.6 Å². The van der Waals surface area contributed by atoms with E-state index in [4.69, 9.17) is 16.3 Å². The van der Waals surface area contributed by atoms with Gasteiger partial charge in [0, 0.05) is 23.8 Å². The number of ether oxygens (including phenoxy) is 1. The number of hydrogen-bond acceptors (Lipinski definition) is 3. The second kappa shape index (κ2) is 7.32. The van der Waals surface area contributed by atoms with Crippen molar-refractivity contribution in [2.45, 2.75) is 0 Å². The van der Waals surface area contributed by atoms with Crippen molar-refractivity contribution in [1.82, 2.24) is 0 Å². The highest BCUT2D eigenvalue weighted by Crippen LogP contribution is 2.22. The fourth-order valence-corrected chi connectivity index (χ4v) is 2.71. The molecule has 1 aliphatic heterocycles. The molecule has 3 rings (SSSR count). The molecule has 2 aromatic rings. The molecule has 0 aliphatic carbocycles. The summed E-state index contributed by atoms with van der Waals surface area (Å²) in [4.78, 5) is 2.31. The van der Waals surface area contributed by atoms with Crippen LogP contribution in [0.3, 0.4) is 0 Å². The Morgan fingerprint density at radius 3 is 2.30 bits per heavy atom. The third-order valence-corrected chi connectivity index (χ3v) is 4.11. The van der Waals surface area contributed by atoms with E-state index in [1.807, 2.05) is 30.3 Å². The van der Waals surface area contributed by atoms with Gasteiger partial charge in [0.1, 0.15) is 0 Å². The van der Waals surface area contributed by atoms with Crippen LogP contribution in [0.15, 0.2) is 48.5 Å². The summed E-state index contributed by atoms with van der Waals surface area (Å²) in [5.74, 6) is 0. The first-order chi connectivity index (χ1) is 11.3. The van der Waals surface area contributed by atoms with Crippen LogP contribution in [0.1, 0.15) is 11.1 Å². The molecule has 0 saturated carbocycles. The zero-order valence-electron chi connectivity index (χ0n) is 12.7. The van der Waals surface area contributed by atoms with Crippen LogP contribution in [0.4, 0.5) is 5.69 Å². The van der Waals surface area contributed by atoms with Gasteiger partial charge in [0.05, 0.1) is 24.9 Å². The lowest BCUT2D eigenvalue weighted by Crippen LogP contribution is -2.36. The molecule has 0 radical (unpaired) electrons. The highest BCUT2D eigenvalue weighted by Gasteiger charge is 2.10. The van der Waals surface area contributed by atoms with E-state index in [1.165, 1.54) is 5.69 Å². The summed E-state index contributed by atoms with van der Waals surface area (Å²) >= 11 is 5.90. The van der Waals surface area contributed by atoms with E-state index in [0.717, 1.165) is 37.4 Å². The third-order valence-electron chi connectivity index (χ3n) is 3.86. The molecular formula is C19H17ClN2O. The van der Waals surface area contributed by atoms with Gasteiger partial charge >= 0.3 is 0 Å². The van der Waals surface area contributed by atoms with Crippen LogP contribution < -0.4 is 4.90 Å². The number of rotatable bonds is 3. The van der Waals surface area contributed by atoms with Gasteiger partial charge in [-0.25, -0.2) is 0 Å². The average molecular weight is 325 g/mol. The molecule has 1 saturated heterocycles. The summed E-state index contributed by atoms with van der Waals surface area (Å²) in [6.45, 7) is 3.39. The highest BCUT2D eigenvalue weighted by atomic mass is 35.5. The van der Waals surface area contributed by atoms with Gasteiger partial charge < -0.3 is 9.64 Å². The van der Waals surface area contributed by atoms with E-state index in [-0.39, 0.29) is 0 Å². The number of allylic oxidation sites excluding steroid dienone is 1. The summed E-state index contributed by atoms with van der Waals surface area (Å²) in [7, 11) is 0. The number of hydrogen-bond donors (Lipinski definition) is 0. The lowest BCUT2D eigenvalue weighted by Gasteiger charge is -2.28. The zero-order chi connectivity index (χ0) is 16.1. The number of nitrogens with zero attached hydrogens (tertiary/aromatic N) is 2. The molecular weight excluding hydrogens is 308 g/mol. The second-order valence-electron chi connectivity index (χ2n) is 5.37. The molecule has 0 spiro atoms. The Bertz CT molecular complexity index is 723. The van der Waals surface area contributed by atoms with Crippen LogP contribution in [0, 0.1) is 11.3 Å². The number of morpholine rings is 1. The fourth-order valence-electron chi connectivity index (χ4n) is 2.58. The van der Waals surface area contributed by atoms with Crippen molar-refractivity contribution in [3.8, 4) is 6.07 Å². The van der Waals surface area contributed by atoms with Gasteiger partial charge in [0.2, 0.25) is 0 Å². The number of benzene rings is 2. The molecule has 0 atom stereocenters. The Kier molecular flexibility index (Phi) is 4.97.